The molecule has 2 amide bonds. The van der Waals surface area contributed by atoms with Gasteiger partial charge in [0.15, 0.2) is 0 Å². The maximum atomic E-state index is 13.0. The number of nitrogens with one attached hydrogen (secondary N) is 1. The third kappa shape index (κ3) is 3.24. The second-order valence-electron chi connectivity index (χ2n) is 10.9. The van der Waals surface area contributed by atoms with E-state index in [-0.39, 0.29) is 28.6 Å². The van der Waals surface area contributed by atoms with Gasteiger partial charge >= 0.3 is 0 Å². The molecule has 0 aromatic rings. The van der Waals surface area contributed by atoms with Crippen LogP contribution in [0.1, 0.15) is 52.4 Å². The summed E-state index contributed by atoms with van der Waals surface area (Å²) in [5.41, 5.74) is 0.214. The van der Waals surface area contributed by atoms with Crippen LogP contribution in [-0.2, 0) is 9.59 Å². The summed E-state index contributed by atoms with van der Waals surface area (Å²) in [6.07, 6.45) is 10.9. The molecule has 0 aromatic carbocycles. The molecule has 29 heavy (non-hydrogen) atoms. The number of carbonyl (C=O) groups excluding carboxylic acids is 2. The first-order chi connectivity index (χ1) is 13.7. The summed E-state index contributed by atoms with van der Waals surface area (Å²) in [5.74, 6) is 2.54. The van der Waals surface area contributed by atoms with Gasteiger partial charge in [0.1, 0.15) is 0 Å². The quantitative estimate of drug-likeness (QED) is 0.788. The minimum Gasteiger partial charge on any atom is -0.355 e. The summed E-state index contributed by atoms with van der Waals surface area (Å²) >= 11 is 0. The Morgan fingerprint density at radius 1 is 1.17 bits per heavy atom. The van der Waals surface area contributed by atoms with Crippen LogP contribution < -0.4 is 5.32 Å². The molecule has 3 aliphatic carbocycles. The van der Waals surface area contributed by atoms with Crippen LogP contribution in [0, 0.1) is 34.5 Å². The highest BCUT2D eigenvalue weighted by Crippen LogP contribution is 2.65. The molecular weight excluding hydrogens is 362 g/mol. The Morgan fingerprint density at radius 2 is 1.93 bits per heavy atom. The predicted octanol–water partition coefficient (Wildman–Crippen LogP) is 2.92. The Morgan fingerprint density at radius 3 is 2.66 bits per heavy atom. The van der Waals surface area contributed by atoms with E-state index in [4.69, 9.17) is 0 Å². The van der Waals surface area contributed by atoms with Crippen molar-refractivity contribution in [1.29, 1.82) is 0 Å². The van der Waals surface area contributed by atoms with Crippen LogP contribution in [0.4, 0.5) is 0 Å². The second kappa shape index (κ2) is 7.40. The highest BCUT2D eigenvalue weighted by Gasteiger charge is 2.61. The van der Waals surface area contributed by atoms with Crippen molar-refractivity contribution in [3.8, 4) is 0 Å². The van der Waals surface area contributed by atoms with E-state index in [2.05, 4.69) is 30.1 Å². The largest absolute Gasteiger partial charge is 0.355 e. The van der Waals surface area contributed by atoms with Gasteiger partial charge in [0.25, 0.3) is 0 Å². The summed E-state index contributed by atoms with van der Waals surface area (Å²) in [4.78, 5) is 29.4. The lowest BCUT2D eigenvalue weighted by atomic mass is 9.47. The van der Waals surface area contributed by atoms with Gasteiger partial charge in [0.2, 0.25) is 11.8 Å². The van der Waals surface area contributed by atoms with Crippen molar-refractivity contribution in [2.45, 2.75) is 58.4 Å². The van der Waals surface area contributed by atoms with Gasteiger partial charge in [-0.2, -0.15) is 0 Å². The maximum absolute atomic E-state index is 13.0. The van der Waals surface area contributed by atoms with E-state index < -0.39 is 0 Å². The number of amides is 2. The molecule has 7 atom stereocenters. The van der Waals surface area contributed by atoms with Crippen molar-refractivity contribution in [3.63, 3.8) is 0 Å². The van der Waals surface area contributed by atoms with Crippen LogP contribution in [0.25, 0.3) is 0 Å². The molecule has 5 heteroatoms. The zero-order valence-corrected chi connectivity index (χ0v) is 18.9. The zero-order chi connectivity index (χ0) is 21.0. The average molecular weight is 402 g/mol. The van der Waals surface area contributed by atoms with Gasteiger partial charge in [0, 0.05) is 37.5 Å². The topological polar surface area (TPSA) is 52.7 Å². The van der Waals surface area contributed by atoms with E-state index in [0.29, 0.717) is 23.8 Å². The normalized spacial score (nSPS) is 43.7. The SMILES string of the molecule is CN(C)CCNC(=O)[C@H]1CC[C@H]2[C@@H]3CC[C@H]4N(C)C(=O)C=C[C@]4(C)[C@H]3CC[C@]12C. The number of rotatable bonds is 4. The molecule has 1 aliphatic heterocycles. The van der Waals surface area contributed by atoms with Gasteiger partial charge in [-0.3, -0.25) is 9.59 Å². The molecule has 5 nitrogen and oxygen atoms in total. The van der Waals surface area contributed by atoms with Crippen molar-refractivity contribution < 1.29 is 9.59 Å². The van der Waals surface area contributed by atoms with Gasteiger partial charge in [-0.25, -0.2) is 0 Å². The molecule has 0 bridgehead atoms. The Bertz CT molecular complexity index is 704. The minimum absolute atomic E-state index is 0.0823. The lowest BCUT2D eigenvalue weighted by Gasteiger charge is -2.60. The molecule has 3 fully saturated rings. The third-order valence-electron chi connectivity index (χ3n) is 9.30. The minimum atomic E-state index is 0.0823. The summed E-state index contributed by atoms with van der Waals surface area (Å²) in [7, 11) is 6.07. The van der Waals surface area contributed by atoms with E-state index in [9.17, 15) is 9.59 Å². The van der Waals surface area contributed by atoms with Crippen LogP contribution in [-0.4, -0.2) is 61.9 Å². The number of likely N-dealkylation sites (N-methyl/N-ethyl adjacent to an activating group) is 2. The van der Waals surface area contributed by atoms with Crippen LogP contribution in [0.5, 0.6) is 0 Å². The lowest BCUT2D eigenvalue weighted by molar-refractivity contribution is -0.142. The first kappa shape index (κ1) is 20.9. The second-order valence-corrected chi connectivity index (χ2v) is 10.9. The molecule has 0 aromatic heterocycles. The van der Waals surface area contributed by atoms with Crippen LogP contribution >= 0.6 is 0 Å². The molecule has 0 saturated heterocycles. The first-order valence-electron chi connectivity index (χ1n) is 11.6. The standard InChI is InChI=1S/C24H39N3O2/c1-23-12-10-18-16(6-9-20-24(18,2)13-11-21(28)27(20)5)17(23)7-8-19(23)22(29)25-14-15-26(3)4/h11,13,16-20H,6-10,12,14-15H2,1-5H3,(H,25,29)/t16-,17-,18-,19+,20+,23-,24+/m0/s1. The molecule has 3 saturated carbocycles. The number of fused-ring (bicyclic) bond motifs is 5. The molecule has 162 valence electrons. The average Bonchev–Trinajstić information content (AvgIpc) is 3.02. The van der Waals surface area contributed by atoms with Gasteiger partial charge < -0.3 is 15.1 Å². The summed E-state index contributed by atoms with van der Waals surface area (Å²) in [5, 5.41) is 3.21. The first-order valence-corrected chi connectivity index (χ1v) is 11.6. The summed E-state index contributed by atoms with van der Waals surface area (Å²) in [6, 6.07) is 0.331. The zero-order valence-electron chi connectivity index (χ0n) is 18.9. The number of carbonyl (C=O) groups is 2. The van der Waals surface area contributed by atoms with Crippen LogP contribution in [0.15, 0.2) is 12.2 Å². The Labute approximate surface area is 176 Å². The van der Waals surface area contributed by atoms with Gasteiger partial charge in [-0.05, 0) is 81.9 Å². The molecule has 0 spiro atoms. The Kier molecular flexibility index (Phi) is 5.33. The molecular formula is C24H39N3O2. The van der Waals surface area contributed by atoms with Crippen LogP contribution in [0.3, 0.4) is 0 Å². The molecule has 1 N–H and O–H groups in total. The lowest BCUT2D eigenvalue weighted by Crippen LogP contribution is -2.59. The van der Waals surface area contributed by atoms with Crippen LogP contribution in [0.2, 0.25) is 0 Å². The molecule has 4 rings (SSSR count). The van der Waals surface area contributed by atoms with E-state index in [1.807, 2.05) is 32.1 Å². The van der Waals surface area contributed by atoms with Gasteiger partial charge in [0.05, 0.1) is 0 Å². The third-order valence-corrected chi connectivity index (χ3v) is 9.30. The van der Waals surface area contributed by atoms with E-state index in [1.165, 1.54) is 19.3 Å². The number of hydrogen-bond acceptors (Lipinski definition) is 3. The monoisotopic (exact) mass is 401 g/mol. The highest BCUT2D eigenvalue weighted by molar-refractivity contribution is 5.89. The molecule has 0 unspecified atom stereocenters. The molecule has 1 heterocycles. The van der Waals surface area contributed by atoms with Gasteiger partial charge in [-0.15, -0.1) is 0 Å². The smallest absolute Gasteiger partial charge is 0.246 e. The number of hydrogen-bond donors (Lipinski definition) is 1. The van der Waals surface area contributed by atoms with E-state index in [0.717, 1.165) is 32.4 Å². The maximum Gasteiger partial charge on any atom is 0.246 e. The van der Waals surface area contributed by atoms with Crippen molar-refractivity contribution >= 4 is 11.8 Å². The van der Waals surface area contributed by atoms with Crippen molar-refractivity contribution in [2.24, 2.45) is 34.5 Å². The number of nitrogens with zero attached hydrogens (tertiary/aromatic N) is 2. The van der Waals surface area contributed by atoms with Crippen molar-refractivity contribution in [2.75, 3.05) is 34.2 Å². The van der Waals surface area contributed by atoms with E-state index >= 15 is 0 Å². The fourth-order valence-electron chi connectivity index (χ4n) is 7.70. The van der Waals surface area contributed by atoms with E-state index in [1.54, 1.807) is 0 Å². The molecule has 4 aliphatic rings. The fraction of sp³-hybridized carbons (Fsp3) is 0.833. The predicted molar refractivity (Wildman–Crippen MR) is 115 cm³/mol. The van der Waals surface area contributed by atoms with Crippen molar-refractivity contribution in [1.82, 2.24) is 15.1 Å². The van der Waals surface area contributed by atoms with Crippen molar-refractivity contribution in [3.05, 3.63) is 12.2 Å². The Hall–Kier alpha value is -1.36. The molecule has 0 radical (unpaired) electrons. The Balaban J connectivity index is 1.51. The van der Waals surface area contributed by atoms with Gasteiger partial charge in [-0.1, -0.05) is 19.9 Å². The summed E-state index contributed by atoms with van der Waals surface area (Å²) in [6.45, 7) is 6.41. The fourth-order valence-corrected chi connectivity index (χ4v) is 7.70. The highest BCUT2D eigenvalue weighted by atomic mass is 16.2. The summed E-state index contributed by atoms with van der Waals surface area (Å²) < 4.78 is 0.